The molecule has 1 aromatic carbocycles. The van der Waals surface area contributed by atoms with Gasteiger partial charge in [-0.05, 0) is 37.5 Å². The van der Waals surface area contributed by atoms with Crippen molar-refractivity contribution in [2.24, 2.45) is 0 Å². The predicted molar refractivity (Wildman–Crippen MR) is 113 cm³/mol. The quantitative estimate of drug-likeness (QED) is 0.721. The third kappa shape index (κ3) is 6.50. The molecule has 7 heteroatoms. The highest BCUT2D eigenvalue weighted by Crippen LogP contribution is 2.23. The van der Waals surface area contributed by atoms with Gasteiger partial charge in [0.1, 0.15) is 0 Å². The van der Waals surface area contributed by atoms with Crippen LogP contribution in [0.2, 0.25) is 0 Å². The molecular weight excluding hydrogens is 380 g/mol. The molecule has 1 fully saturated rings. The van der Waals surface area contributed by atoms with Crippen LogP contribution in [0.1, 0.15) is 62.4 Å². The number of benzene rings is 1. The van der Waals surface area contributed by atoms with Crippen LogP contribution >= 0.6 is 11.8 Å². The van der Waals surface area contributed by atoms with Crippen molar-refractivity contribution in [1.82, 2.24) is 9.62 Å². The highest BCUT2D eigenvalue weighted by Gasteiger charge is 2.26. The highest BCUT2D eigenvalue weighted by atomic mass is 32.2. The van der Waals surface area contributed by atoms with Gasteiger partial charge in [0.05, 0.1) is 4.90 Å². The number of thioether (sulfide) groups is 1. The van der Waals surface area contributed by atoms with Crippen LogP contribution < -0.4 is 5.32 Å². The van der Waals surface area contributed by atoms with E-state index in [2.05, 4.69) is 26.1 Å². The maximum absolute atomic E-state index is 13.0. The summed E-state index contributed by atoms with van der Waals surface area (Å²) in [6.45, 7) is 9.93. The Morgan fingerprint density at radius 1 is 1.15 bits per heavy atom. The fourth-order valence-corrected chi connectivity index (χ4v) is 5.41. The largest absolute Gasteiger partial charge is 0.351 e. The molecule has 1 aliphatic rings. The van der Waals surface area contributed by atoms with Crippen molar-refractivity contribution in [3.63, 3.8) is 0 Å². The van der Waals surface area contributed by atoms with E-state index >= 15 is 0 Å². The number of aryl methyl sites for hydroxylation is 1. The van der Waals surface area contributed by atoms with Crippen LogP contribution in [-0.2, 0) is 10.0 Å². The molecule has 1 saturated heterocycles. The second-order valence-electron chi connectivity index (χ2n) is 8.01. The minimum atomic E-state index is -3.55. The zero-order valence-corrected chi connectivity index (χ0v) is 18.5. The Kier molecular flexibility index (Phi) is 7.77. The SMILES string of the molecule is Cc1ccc(S(=O)(=O)N2CCCCCC2)cc1C(=O)NCCSC(C)(C)C. The van der Waals surface area contributed by atoms with Gasteiger partial charge in [0.25, 0.3) is 5.91 Å². The molecule has 0 aromatic heterocycles. The van der Waals surface area contributed by atoms with E-state index < -0.39 is 10.0 Å². The molecule has 1 N–H and O–H groups in total. The summed E-state index contributed by atoms with van der Waals surface area (Å²) in [5.74, 6) is 0.606. The van der Waals surface area contributed by atoms with Crippen LogP contribution in [0.4, 0.5) is 0 Å². The van der Waals surface area contributed by atoms with Crippen LogP contribution in [-0.4, -0.2) is 48.8 Å². The van der Waals surface area contributed by atoms with E-state index in [1.165, 1.54) is 6.07 Å². The molecule has 1 aromatic rings. The summed E-state index contributed by atoms with van der Waals surface area (Å²) in [5, 5.41) is 2.91. The van der Waals surface area contributed by atoms with E-state index in [1.54, 1.807) is 28.2 Å². The molecule has 0 saturated carbocycles. The molecule has 1 heterocycles. The lowest BCUT2D eigenvalue weighted by molar-refractivity contribution is 0.0955. The van der Waals surface area contributed by atoms with Crippen molar-refractivity contribution in [3.05, 3.63) is 29.3 Å². The van der Waals surface area contributed by atoms with Crippen molar-refractivity contribution < 1.29 is 13.2 Å². The first-order valence-corrected chi connectivity index (χ1v) is 12.1. The van der Waals surface area contributed by atoms with Gasteiger partial charge in [-0.2, -0.15) is 16.1 Å². The van der Waals surface area contributed by atoms with Crippen LogP contribution in [0, 0.1) is 6.92 Å². The first kappa shape index (κ1) is 22.2. The lowest BCUT2D eigenvalue weighted by Gasteiger charge is -2.21. The summed E-state index contributed by atoms with van der Waals surface area (Å²) >= 11 is 1.79. The Morgan fingerprint density at radius 3 is 2.37 bits per heavy atom. The molecule has 0 atom stereocenters. The Morgan fingerprint density at radius 2 is 1.78 bits per heavy atom. The van der Waals surface area contributed by atoms with E-state index in [-0.39, 0.29) is 15.5 Å². The second-order valence-corrected chi connectivity index (χ2v) is 11.9. The standard InChI is InChI=1S/C20H32N2O3S2/c1-16-9-10-17(27(24,25)22-12-7-5-6-8-13-22)15-18(16)19(23)21-11-14-26-20(2,3)4/h9-10,15H,5-8,11-14H2,1-4H3,(H,21,23). The first-order chi connectivity index (χ1) is 12.6. The van der Waals surface area contributed by atoms with Crippen molar-refractivity contribution in [2.75, 3.05) is 25.4 Å². The van der Waals surface area contributed by atoms with Gasteiger partial charge in [-0.25, -0.2) is 8.42 Å². The van der Waals surface area contributed by atoms with Gasteiger partial charge < -0.3 is 5.32 Å². The van der Waals surface area contributed by atoms with Gasteiger partial charge in [0.15, 0.2) is 0 Å². The van der Waals surface area contributed by atoms with Crippen LogP contribution in [0.25, 0.3) is 0 Å². The average molecular weight is 413 g/mol. The lowest BCUT2D eigenvalue weighted by atomic mass is 10.1. The minimum Gasteiger partial charge on any atom is -0.351 e. The number of hydrogen-bond acceptors (Lipinski definition) is 4. The van der Waals surface area contributed by atoms with Crippen LogP contribution in [0.3, 0.4) is 0 Å². The van der Waals surface area contributed by atoms with Crippen LogP contribution in [0.15, 0.2) is 23.1 Å². The Labute approximate surface area is 168 Å². The number of sulfonamides is 1. The van der Waals surface area contributed by atoms with Gasteiger partial charge in [-0.1, -0.05) is 39.7 Å². The molecule has 1 aliphatic heterocycles. The summed E-state index contributed by atoms with van der Waals surface area (Å²) in [4.78, 5) is 12.8. The van der Waals surface area contributed by atoms with Crippen molar-refractivity contribution >= 4 is 27.7 Å². The molecule has 1 amide bonds. The minimum absolute atomic E-state index is 0.155. The van der Waals surface area contributed by atoms with Gasteiger partial charge in [-0.3, -0.25) is 4.79 Å². The predicted octanol–water partition coefficient (Wildman–Crippen LogP) is 3.82. The molecule has 0 aliphatic carbocycles. The average Bonchev–Trinajstić information content (AvgIpc) is 2.88. The van der Waals surface area contributed by atoms with Gasteiger partial charge in [-0.15, -0.1) is 0 Å². The zero-order chi connectivity index (χ0) is 20.1. The van der Waals surface area contributed by atoms with Gasteiger partial charge in [0, 0.05) is 35.7 Å². The maximum atomic E-state index is 13.0. The first-order valence-electron chi connectivity index (χ1n) is 9.64. The van der Waals surface area contributed by atoms with E-state index in [4.69, 9.17) is 0 Å². The Hall–Kier alpha value is -1.05. The number of nitrogens with zero attached hydrogens (tertiary/aromatic N) is 1. The number of rotatable bonds is 6. The van der Waals surface area contributed by atoms with E-state index in [1.807, 2.05) is 6.92 Å². The molecule has 0 bridgehead atoms. The molecule has 152 valence electrons. The highest BCUT2D eigenvalue weighted by molar-refractivity contribution is 8.00. The van der Waals surface area contributed by atoms with Gasteiger partial charge in [0.2, 0.25) is 10.0 Å². The summed E-state index contributed by atoms with van der Waals surface area (Å²) in [5.41, 5.74) is 1.22. The third-order valence-electron chi connectivity index (χ3n) is 4.58. The number of carbonyl (C=O) groups excluding carboxylic acids is 1. The normalized spacial score (nSPS) is 16.7. The smallest absolute Gasteiger partial charge is 0.251 e. The number of hydrogen-bond donors (Lipinski definition) is 1. The fraction of sp³-hybridized carbons (Fsp3) is 0.650. The summed E-state index contributed by atoms with van der Waals surface area (Å²) in [6.07, 6.45) is 3.92. The van der Waals surface area contributed by atoms with Crippen molar-refractivity contribution in [1.29, 1.82) is 0 Å². The molecule has 0 unspecified atom stereocenters. The molecular formula is C20H32N2O3S2. The molecule has 2 rings (SSSR count). The Balaban J connectivity index is 2.11. The maximum Gasteiger partial charge on any atom is 0.251 e. The zero-order valence-electron chi connectivity index (χ0n) is 16.9. The third-order valence-corrected chi connectivity index (χ3v) is 7.75. The van der Waals surface area contributed by atoms with E-state index in [0.29, 0.717) is 25.2 Å². The summed E-state index contributed by atoms with van der Waals surface area (Å²) in [7, 11) is -3.55. The molecule has 0 spiro atoms. The van der Waals surface area contributed by atoms with Crippen LogP contribution in [0.5, 0.6) is 0 Å². The molecule has 5 nitrogen and oxygen atoms in total. The van der Waals surface area contributed by atoms with Gasteiger partial charge >= 0.3 is 0 Å². The lowest BCUT2D eigenvalue weighted by Crippen LogP contribution is -2.32. The second kappa shape index (κ2) is 9.43. The summed E-state index contributed by atoms with van der Waals surface area (Å²) < 4.78 is 27.7. The van der Waals surface area contributed by atoms with Crippen molar-refractivity contribution in [2.45, 2.75) is 63.0 Å². The topological polar surface area (TPSA) is 66.5 Å². The number of nitrogens with one attached hydrogen (secondary N) is 1. The number of carbonyl (C=O) groups is 1. The summed E-state index contributed by atoms with van der Waals surface area (Å²) in [6, 6.07) is 4.87. The Bertz CT molecular complexity index is 747. The monoisotopic (exact) mass is 412 g/mol. The number of amides is 1. The van der Waals surface area contributed by atoms with Crippen molar-refractivity contribution in [3.8, 4) is 0 Å². The molecule has 0 radical (unpaired) electrons. The fourth-order valence-electron chi connectivity index (χ4n) is 3.05. The van der Waals surface area contributed by atoms with E-state index in [0.717, 1.165) is 37.0 Å². The molecule has 27 heavy (non-hydrogen) atoms. The van der Waals surface area contributed by atoms with E-state index in [9.17, 15) is 13.2 Å².